The van der Waals surface area contributed by atoms with Gasteiger partial charge in [0.05, 0.1) is 29.8 Å². The molecule has 2 saturated carbocycles. The van der Waals surface area contributed by atoms with E-state index in [2.05, 4.69) is 0 Å². The second kappa shape index (κ2) is 9.16. The molecule has 0 aromatic rings. The van der Waals surface area contributed by atoms with Gasteiger partial charge in [0.2, 0.25) is 6.29 Å². The predicted molar refractivity (Wildman–Crippen MR) is 89.2 cm³/mol. The molecule has 0 aromatic heterocycles. The van der Waals surface area contributed by atoms with E-state index in [1.807, 2.05) is 0 Å². The third-order valence-electron chi connectivity index (χ3n) is 5.39. The summed E-state index contributed by atoms with van der Waals surface area (Å²) < 4.78 is 10.2. The van der Waals surface area contributed by atoms with Crippen LogP contribution in [0.2, 0.25) is 0 Å². The number of aliphatic hydroxyl groups is 1. The van der Waals surface area contributed by atoms with Crippen LogP contribution in [0.1, 0.15) is 51.9 Å². The normalized spacial score (nSPS) is 32.1. The minimum absolute atomic E-state index is 0.0361. The van der Waals surface area contributed by atoms with E-state index >= 15 is 0 Å². The quantitative estimate of drug-likeness (QED) is 0.452. The summed E-state index contributed by atoms with van der Waals surface area (Å²) in [5.41, 5.74) is 0. The van der Waals surface area contributed by atoms with Crippen LogP contribution in [-0.4, -0.2) is 51.6 Å². The van der Waals surface area contributed by atoms with Gasteiger partial charge < -0.3 is 24.8 Å². The van der Waals surface area contributed by atoms with Gasteiger partial charge in [0.15, 0.2) is 0 Å². The molecule has 0 aromatic carbocycles. The molecule has 0 bridgehead atoms. The molecular weight excluding hydrogens is 360 g/mol. The number of carboxylic acids is 2. The minimum atomic E-state index is -1.25. The molecule has 9 heteroatoms. The highest BCUT2D eigenvalue weighted by Crippen LogP contribution is 2.33. The van der Waals surface area contributed by atoms with Crippen molar-refractivity contribution < 1.29 is 44.0 Å². The van der Waals surface area contributed by atoms with Gasteiger partial charge >= 0.3 is 23.9 Å². The van der Waals surface area contributed by atoms with Crippen LogP contribution in [0.5, 0.6) is 0 Å². The molecule has 2 aliphatic carbocycles. The summed E-state index contributed by atoms with van der Waals surface area (Å²) in [7, 11) is 0. The zero-order chi connectivity index (χ0) is 20.1. The summed E-state index contributed by atoms with van der Waals surface area (Å²) in [4.78, 5) is 47.2. The molecular formula is C18H26O9. The zero-order valence-corrected chi connectivity index (χ0v) is 15.2. The fraction of sp³-hybridized carbons (Fsp3) is 0.778. The Labute approximate surface area is 156 Å². The van der Waals surface area contributed by atoms with Gasteiger partial charge in [-0.2, -0.15) is 0 Å². The number of aliphatic carboxylic acids is 2. The molecule has 2 fully saturated rings. The highest BCUT2D eigenvalue weighted by atomic mass is 16.7. The van der Waals surface area contributed by atoms with E-state index in [0.29, 0.717) is 19.3 Å². The number of carboxylic acid groups (broad SMARTS) is 2. The van der Waals surface area contributed by atoms with Gasteiger partial charge in [-0.05, 0) is 32.1 Å². The van der Waals surface area contributed by atoms with Crippen molar-refractivity contribution in [1.29, 1.82) is 0 Å². The van der Waals surface area contributed by atoms with Crippen molar-refractivity contribution in [3.63, 3.8) is 0 Å². The monoisotopic (exact) mass is 386 g/mol. The fourth-order valence-corrected chi connectivity index (χ4v) is 3.94. The third-order valence-corrected chi connectivity index (χ3v) is 5.39. The van der Waals surface area contributed by atoms with Crippen molar-refractivity contribution in [1.82, 2.24) is 0 Å². The Hall–Kier alpha value is -2.16. The Morgan fingerprint density at radius 1 is 0.778 bits per heavy atom. The van der Waals surface area contributed by atoms with Crippen LogP contribution in [-0.2, 0) is 28.7 Å². The lowest BCUT2D eigenvalue weighted by Gasteiger charge is -2.31. The van der Waals surface area contributed by atoms with E-state index in [0.717, 1.165) is 12.8 Å². The van der Waals surface area contributed by atoms with Gasteiger partial charge in [0.25, 0.3) is 0 Å². The van der Waals surface area contributed by atoms with Crippen molar-refractivity contribution in [2.75, 3.05) is 0 Å². The highest BCUT2D eigenvalue weighted by Gasteiger charge is 2.41. The number of ether oxygens (including phenoxy) is 2. The topological polar surface area (TPSA) is 147 Å². The van der Waals surface area contributed by atoms with Crippen LogP contribution in [0.4, 0.5) is 0 Å². The Morgan fingerprint density at radius 2 is 1.26 bits per heavy atom. The maximum Gasteiger partial charge on any atom is 0.312 e. The Morgan fingerprint density at radius 3 is 1.78 bits per heavy atom. The van der Waals surface area contributed by atoms with Crippen molar-refractivity contribution in [2.24, 2.45) is 23.7 Å². The summed E-state index contributed by atoms with van der Waals surface area (Å²) >= 11 is 0. The van der Waals surface area contributed by atoms with E-state index in [-0.39, 0.29) is 12.8 Å². The first kappa shape index (κ1) is 21.1. The van der Waals surface area contributed by atoms with Crippen molar-refractivity contribution in [3.05, 3.63) is 0 Å². The lowest BCUT2D eigenvalue weighted by Crippen LogP contribution is -2.40. The largest absolute Gasteiger partial charge is 0.481 e. The van der Waals surface area contributed by atoms with E-state index in [1.165, 1.54) is 6.92 Å². The highest BCUT2D eigenvalue weighted by molar-refractivity contribution is 5.82. The third kappa shape index (κ3) is 5.41. The van der Waals surface area contributed by atoms with E-state index < -0.39 is 59.9 Å². The standard InChI is InChI=1S/C18H26O9/c1-9(26-17(24)12-5-3-2-4-11(12)15(20)21)27-18(25)13-7-6-10(19)8-14(13)16(22)23/h9-14,19H,2-8H2,1H3,(H,20,21)(H,22,23). The lowest BCUT2D eigenvalue weighted by molar-refractivity contribution is -0.196. The maximum absolute atomic E-state index is 12.3. The SMILES string of the molecule is CC(OC(=O)C1CCCCC1C(=O)O)OC(=O)C1CCC(O)CC1C(=O)O. The second-order valence-electron chi connectivity index (χ2n) is 7.30. The molecule has 3 N–H and O–H groups in total. The molecule has 0 saturated heterocycles. The molecule has 0 radical (unpaired) electrons. The molecule has 0 spiro atoms. The van der Waals surface area contributed by atoms with Crippen LogP contribution < -0.4 is 0 Å². The number of esters is 2. The molecule has 6 atom stereocenters. The number of carbonyl (C=O) groups excluding carboxylic acids is 2. The molecule has 6 unspecified atom stereocenters. The molecule has 0 amide bonds. The number of hydrogen-bond acceptors (Lipinski definition) is 7. The predicted octanol–water partition coefficient (Wildman–Crippen LogP) is 1.17. The van der Waals surface area contributed by atoms with Gasteiger partial charge in [-0.3, -0.25) is 19.2 Å². The average molecular weight is 386 g/mol. The van der Waals surface area contributed by atoms with Gasteiger partial charge in [-0.1, -0.05) is 12.8 Å². The van der Waals surface area contributed by atoms with E-state index in [9.17, 15) is 34.5 Å². The number of hydrogen-bond donors (Lipinski definition) is 3. The van der Waals surface area contributed by atoms with E-state index in [1.54, 1.807) is 0 Å². The van der Waals surface area contributed by atoms with Crippen LogP contribution >= 0.6 is 0 Å². The van der Waals surface area contributed by atoms with Crippen molar-refractivity contribution in [3.8, 4) is 0 Å². The van der Waals surface area contributed by atoms with Gasteiger partial charge in [-0.15, -0.1) is 0 Å². The number of carbonyl (C=O) groups is 4. The lowest BCUT2D eigenvalue weighted by atomic mass is 9.78. The van der Waals surface area contributed by atoms with Gasteiger partial charge in [0.1, 0.15) is 0 Å². The first-order valence-corrected chi connectivity index (χ1v) is 9.25. The van der Waals surface area contributed by atoms with Gasteiger partial charge in [0, 0.05) is 6.92 Å². The first-order valence-electron chi connectivity index (χ1n) is 9.25. The van der Waals surface area contributed by atoms with Crippen LogP contribution in [0.3, 0.4) is 0 Å². The average Bonchev–Trinajstić information content (AvgIpc) is 2.61. The van der Waals surface area contributed by atoms with E-state index in [4.69, 9.17) is 9.47 Å². The minimum Gasteiger partial charge on any atom is -0.481 e. The van der Waals surface area contributed by atoms with Crippen LogP contribution in [0.25, 0.3) is 0 Å². The molecule has 27 heavy (non-hydrogen) atoms. The number of aliphatic hydroxyl groups excluding tert-OH is 1. The summed E-state index contributed by atoms with van der Waals surface area (Å²) in [6, 6.07) is 0. The Bertz CT molecular complexity index is 587. The number of rotatable bonds is 6. The smallest absolute Gasteiger partial charge is 0.312 e. The zero-order valence-electron chi connectivity index (χ0n) is 15.2. The Kier molecular flexibility index (Phi) is 7.18. The second-order valence-corrected chi connectivity index (χ2v) is 7.30. The molecule has 2 rings (SSSR count). The molecule has 0 heterocycles. The molecule has 0 aliphatic heterocycles. The molecule has 152 valence electrons. The van der Waals surface area contributed by atoms with Gasteiger partial charge in [-0.25, -0.2) is 0 Å². The summed E-state index contributed by atoms with van der Waals surface area (Å²) in [5.74, 6) is -7.34. The van der Waals surface area contributed by atoms with Crippen molar-refractivity contribution >= 4 is 23.9 Å². The molecule has 2 aliphatic rings. The fourth-order valence-electron chi connectivity index (χ4n) is 3.94. The Balaban J connectivity index is 1.92. The summed E-state index contributed by atoms with van der Waals surface area (Å²) in [5, 5.41) is 28.1. The maximum atomic E-state index is 12.3. The van der Waals surface area contributed by atoms with Crippen LogP contribution in [0, 0.1) is 23.7 Å². The van der Waals surface area contributed by atoms with Crippen LogP contribution in [0.15, 0.2) is 0 Å². The molecule has 9 nitrogen and oxygen atoms in total. The first-order chi connectivity index (χ1) is 12.7. The summed E-state index contributed by atoms with van der Waals surface area (Å²) in [6.07, 6.45) is 0.656. The van der Waals surface area contributed by atoms with Crippen molar-refractivity contribution in [2.45, 2.75) is 64.3 Å². The summed E-state index contributed by atoms with van der Waals surface area (Å²) in [6.45, 7) is 1.34.